The van der Waals surface area contributed by atoms with Gasteiger partial charge in [0.05, 0.1) is 0 Å². The molecule has 5 nitrogen and oxygen atoms in total. The van der Waals surface area contributed by atoms with Crippen LogP contribution < -0.4 is 5.32 Å². The van der Waals surface area contributed by atoms with Gasteiger partial charge < -0.3 is 5.32 Å². The van der Waals surface area contributed by atoms with Crippen LogP contribution in [0.15, 0.2) is 5.11 Å². The Balaban J connectivity index is 0. The smallest absolute Gasteiger partial charge is 0.216 e. The maximum atomic E-state index is 10.3. The van der Waals surface area contributed by atoms with Gasteiger partial charge in [-0.15, -0.1) is 0 Å². The van der Waals surface area contributed by atoms with Crippen molar-refractivity contribution in [2.45, 2.75) is 27.2 Å². The van der Waals surface area contributed by atoms with E-state index in [9.17, 15) is 4.79 Å². The summed E-state index contributed by atoms with van der Waals surface area (Å²) in [5.41, 5.74) is 7.90. The fraction of sp³-hybridized carbons (Fsp3) is 0.857. The standard InChI is InChI=1S/C6H12N4O.CH4/c1-6(11)8-4-2-3-5-9-10-7;/h2-5H2,1H3,(H,8,11);1H4. The molecule has 0 aliphatic heterocycles. The lowest BCUT2D eigenvalue weighted by Gasteiger charge is -1.98. The van der Waals surface area contributed by atoms with Crippen LogP contribution in [-0.4, -0.2) is 19.0 Å². The molecule has 0 saturated carbocycles. The van der Waals surface area contributed by atoms with E-state index < -0.39 is 0 Å². The number of carbonyl (C=O) groups is 1. The quantitative estimate of drug-likeness (QED) is 0.292. The Morgan fingerprint density at radius 2 is 2.25 bits per heavy atom. The summed E-state index contributed by atoms with van der Waals surface area (Å²) in [6.07, 6.45) is 1.68. The van der Waals surface area contributed by atoms with Crippen LogP contribution in [0.3, 0.4) is 0 Å². The highest BCUT2D eigenvalue weighted by atomic mass is 16.1. The molecule has 0 radical (unpaired) electrons. The van der Waals surface area contributed by atoms with Crippen molar-refractivity contribution < 1.29 is 4.79 Å². The molecule has 0 atom stereocenters. The average molecular weight is 172 g/mol. The molecule has 1 N–H and O–H groups in total. The molecule has 0 heterocycles. The highest BCUT2D eigenvalue weighted by Crippen LogP contribution is 1.87. The molecule has 0 saturated heterocycles. The van der Waals surface area contributed by atoms with Gasteiger partial charge in [0.15, 0.2) is 0 Å². The second kappa shape index (κ2) is 9.78. The van der Waals surface area contributed by atoms with Crippen molar-refractivity contribution in [3.05, 3.63) is 10.4 Å². The van der Waals surface area contributed by atoms with Gasteiger partial charge in [0.1, 0.15) is 0 Å². The molecule has 5 heteroatoms. The molecule has 0 unspecified atom stereocenters. The number of hydrogen-bond acceptors (Lipinski definition) is 2. The third kappa shape index (κ3) is 11.6. The van der Waals surface area contributed by atoms with Gasteiger partial charge in [0, 0.05) is 24.9 Å². The normalized spacial score (nSPS) is 7.75. The number of amides is 1. The molecule has 1 amide bonds. The van der Waals surface area contributed by atoms with E-state index in [0.717, 1.165) is 12.8 Å². The molecule has 0 aliphatic carbocycles. The fourth-order valence-corrected chi connectivity index (χ4v) is 0.617. The third-order valence-electron chi connectivity index (χ3n) is 1.12. The zero-order valence-corrected chi connectivity index (χ0v) is 6.58. The van der Waals surface area contributed by atoms with Crippen molar-refractivity contribution in [1.82, 2.24) is 5.32 Å². The van der Waals surface area contributed by atoms with E-state index >= 15 is 0 Å². The molecule has 0 fully saturated rings. The zero-order valence-electron chi connectivity index (χ0n) is 6.58. The minimum absolute atomic E-state index is 0. The second-order valence-corrected chi connectivity index (χ2v) is 2.14. The molecule has 0 aromatic heterocycles. The molecule has 0 aromatic carbocycles. The fourth-order valence-electron chi connectivity index (χ4n) is 0.617. The van der Waals surface area contributed by atoms with Crippen molar-refractivity contribution in [2.24, 2.45) is 5.11 Å². The molecule has 0 spiro atoms. The maximum Gasteiger partial charge on any atom is 0.216 e. The Morgan fingerprint density at radius 1 is 1.58 bits per heavy atom. The van der Waals surface area contributed by atoms with Crippen molar-refractivity contribution in [3.8, 4) is 0 Å². The van der Waals surface area contributed by atoms with E-state index in [2.05, 4.69) is 15.3 Å². The van der Waals surface area contributed by atoms with Gasteiger partial charge in [-0.2, -0.15) is 0 Å². The minimum atomic E-state index is -0.0196. The van der Waals surface area contributed by atoms with Crippen molar-refractivity contribution in [2.75, 3.05) is 13.1 Å². The Kier molecular flexibility index (Phi) is 10.9. The Bertz CT molecular complexity index is 159. The highest BCUT2D eigenvalue weighted by molar-refractivity contribution is 5.72. The molecule has 0 bridgehead atoms. The van der Waals surface area contributed by atoms with E-state index in [1.807, 2.05) is 0 Å². The predicted octanol–water partition coefficient (Wildman–Crippen LogP) is 1.85. The first kappa shape index (κ1) is 13.4. The summed E-state index contributed by atoms with van der Waals surface area (Å²) < 4.78 is 0. The number of unbranched alkanes of at least 4 members (excludes halogenated alkanes) is 1. The minimum Gasteiger partial charge on any atom is -0.356 e. The van der Waals surface area contributed by atoms with Gasteiger partial charge in [-0.25, -0.2) is 0 Å². The predicted molar refractivity (Wildman–Crippen MR) is 48.7 cm³/mol. The number of rotatable bonds is 5. The highest BCUT2D eigenvalue weighted by Gasteiger charge is 1.89. The lowest BCUT2D eigenvalue weighted by atomic mass is 10.3. The average Bonchev–Trinajstić information content (AvgIpc) is 1.96. The molecule has 0 rings (SSSR count). The number of carbonyl (C=O) groups excluding carboxylic acids is 1. The van der Waals surface area contributed by atoms with Crippen LogP contribution in [0, 0.1) is 0 Å². The summed E-state index contributed by atoms with van der Waals surface area (Å²) in [6.45, 7) is 2.65. The first-order valence-corrected chi connectivity index (χ1v) is 3.52. The van der Waals surface area contributed by atoms with Crippen LogP contribution in [0.2, 0.25) is 0 Å². The summed E-state index contributed by atoms with van der Waals surface area (Å²) in [4.78, 5) is 12.9. The summed E-state index contributed by atoms with van der Waals surface area (Å²) in [5.74, 6) is -0.0196. The van der Waals surface area contributed by atoms with Crippen LogP contribution in [0.1, 0.15) is 27.2 Å². The first-order valence-electron chi connectivity index (χ1n) is 3.52. The molecular weight excluding hydrogens is 156 g/mol. The summed E-state index contributed by atoms with van der Waals surface area (Å²) in [5, 5.41) is 6.01. The summed E-state index contributed by atoms with van der Waals surface area (Å²) in [6, 6.07) is 0. The van der Waals surface area contributed by atoms with Gasteiger partial charge in [0.2, 0.25) is 5.91 Å². The summed E-state index contributed by atoms with van der Waals surface area (Å²) >= 11 is 0. The largest absolute Gasteiger partial charge is 0.356 e. The SMILES string of the molecule is C.CC(=O)NCCCCN=[N+]=[N-]. The maximum absolute atomic E-state index is 10.3. The number of nitrogens with one attached hydrogen (secondary N) is 1. The van der Waals surface area contributed by atoms with E-state index in [0.29, 0.717) is 13.1 Å². The van der Waals surface area contributed by atoms with E-state index in [1.54, 1.807) is 0 Å². The van der Waals surface area contributed by atoms with Crippen LogP contribution in [-0.2, 0) is 4.79 Å². The van der Waals surface area contributed by atoms with Gasteiger partial charge in [-0.1, -0.05) is 12.5 Å². The van der Waals surface area contributed by atoms with E-state index in [4.69, 9.17) is 5.53 Å². The second-order valence-electron chi connectivity index (χ2n) is 2.14. The summed E-state index contributed by atoms with van der Waals surface area (Å²) in [7, 11) is 0. The topological polar surface area (TPSA) is 77.9 Å². The first-order chi connectivity index (χ1) is 5.27. The molecule has 0 aliphatic rings. The van der Waals surface area contributed by atoms with Gasteiger partial charge in [-0.3, -0.25) is 4.79 Å². The Hall–Kier alpha value is -1.22. The van der Waals surface area contributed by atoms with Crippen LogP contribution in [0.5, 0.6) is 0 Å². The van der Waals surface area contributed by atoms with Gasteiger partial charge in [-0.05, 0) is 18.4 Å². The Labute approximate surface area is 72.8 Å². The van der Waals surface area contributed by atoms with E-state index in [1.165, 1.54) is 6.92 Å². The Morgan fingerprint density at radius 3 is 2.75 bits per heavy atom. The van der Waals surface area contributed by atoms with Crippen molar-refractivity contribution in [1.29, 1.82) is 0 Å². The molecular formula is C7H16N4O. The van der Waals surface area contributed by atoms with Crippen LogP contribution >= 0.6 is 0 Å². The number of nitrogens with zero attached hydrogens (tertiary/aromatic N) is 3. The third-order valence-corrected chi connectivity index (χ3v) is 1.12. The van der Waals surface area contributed by atoms with E-state index in [-0.39, 0.29) is 13.3 Å². The van der Waals surface area contributed by atoms with Gasteiger partial charge in [0.25, 0.3) is 0 Å². The van der Waals surface area contributed by atoms with Crippen LogP contribution in [0.4, 0.5) is 0 Å². The lowest BCUT2D eigenvalue weighted by molar-refractivity contribution is -0.118. The number of azide groups is 1. The molecule has 0 aromatic rings. The molecule has 12 heavy (non-hydrogen) atoms. The van der Waals surface area contributed by atoms with Crippen molar-refractivity contribution >= 4 is 5.91 Å². The van der Waals surface area contributed by atoms with Gasteiger partial charge >= 0.3 is 0 Å². The molecule has 70 valence electrons. The lowest BCUT2D eigenvalue weighted by Crippen LogP contribution is -2.20. The zero-order chi connectivity index (χ0) is 8.53. The van der Waals surface area contributed by atoms with Crippen molar-refractivity contribution in [3.63, 3.8) is 0 Å². The van der Waals surface area contributed by atoms with Crippen LogP contribution in [0.25, 0.3) is 10.4 Å². The monoisotopic (exact) mass is 172 g/mol. The number of hydrogen-bond donors (Lipinski definition) is 1.